The van der Waals surface area contributed by atoms with Gasteiger partial charge in [0.25, 0.3) is 0 Å². The van der Waals surface area contributed by atoms with Crippen molar-refractivity contribution in [1.29, 1.82) is 0 Å². The van der Waals surface area contributed by atoms with Crippen molar-refractivity contribution in [3.63, 3.8) is 0 Å². The molecule has 0 amide bonds. The molecule has 0 unspecified atom stereocenters. The summed E-state index contributed by atoms with van der Waals surface area (Å²) in [5, 5.41) is 0.733. The van der Waals surface area contributed by atoms with Gasteiger partial charge >= 0.3 is 0 Å². The van der Waals surface area contributed by atoms with Gasteiger partial charge in [0.1, 0.15) is 0 Å². The SMILES string of the molecule is Cc1ccc(-c2ccc3c(c2)Oc2ccccc2O3)c(Cl)c1. The highest BCUT2D eigenvalue weighted by Gasteiger charge is 2.19. The first kappa shape index (κ1) is 13.2. The van der Waals surface area contributed by atoms with Crippen LogP contribution in [-0.4, -0.2) is 0 Å². The first-order valence-corrected chi connectivity index (χ1v) is 7.44. The molecule has 3 aromatic rings. The Morgan fingerprint density at radius 3 is 2.14 bits per heavy atom. The monoisotopic (exact) mass is 308 g/mol. The summed E-state index contributed by atoms with van der Waals surface area (Å²) in [6.45, 7) is 2.02. The van der Waals surface area contributed by atoms with Crippen LogP contribution in [0.1, 0.15) is 5.56 Å². The maximum Gasteiger partial charge on any atom is 0.170 e. The number of fused-ring (bicyclic) bond motifs is 2. The van der Waals surface area contributed by atoms with E-state index in [2.05, 4.69) is 0 Å². The second kappa shape index (κ2) is 5.08. The van der Waals surface area contributed by atoms with E-state index >= 15 is 0 Å². The molecule has 0 spiro atoms. The largest absolute Gasteiger partial charge is 0.450 e. The van der Waals surface area contributed by atoms with Crippen molar-refractivity contribution < 1.29 is 9.47 Å². The predicted molar refractivity (Wildman–Crippen MR) is 88.2 cm³/mol. The normalized spacial score (nSPS) is 11.9. The summed E-state index contributed by atoms with van der Waals surface area (Å²) in [5.74, 6) is 2.87. The molecule has 1 heterocycles. The van der Waals surface area contributed by atoms with Crippen molar-refractivity contribution in [1.82, 2.24) is 0 Å². The van der Waals surface area contributed by atoms with Crippen LogP contribution in [0.2, 0.25) is 5.02 Å². The molecule has 0 saturated heterocycles. The summed E-state index contributed by atoms with van der Waals surface area (Å²) in [5.41, 5.74) is 3.13. The van der Waals surface area contributed by atoms with Gasteiger partial charge in [0.05, 0.1) is 0 Å². The van der Waals surface area contributed by atoms with Gasteiger partial charge in [-0.2, -0.15) is 0 Å². The molecule has 0 atom stereocenters. The van der Waals surface area contributed by atoms with Crippen molar-refractivity contribution in [3.05, 3.63) is 71.2 Å². The molecular weight excluding hydrogens is 296 g/mol. The van der Waals surface area contributed by atoms with Crippen LogP contribution in [0, 0.1) is 6.92 Å². The number of benzene rings is 3. The minimum absolute atomic E-state index is 0.702. The molecule has 3 aromatic carbocycles. The summed E-state index contributed by atoms with van der Waals surface area (Å²) in [4.78, 5) is 0. The quantitative estimate of drug-likeness (QED) is 0.416. The lowest BCUT2D eigenvalue weighted by Gasteiger charge is -2.21. The van der Waals surface area contributed by atoms with Gasteiger partial charge in [0, 0.05) is 10.6 Å². The number of halogens is 1. The summed E-state index contributed by atoms with van der Waals surface area (Å²) < 4.78 is 11.8. The van der Waals surface area contributed by atoms with E-state index in [0.717, 1.165) is 33.2 Å². The van der Waals surface area contributed by atoms with Crippen molar-refractivity contribution in [2.45, 2.75) is 6.92 Å². The number of hydrogen-bond acceptors (Lipinski definition) is 2. The average Bonchev–Trinajstić information content (AvgIpc) is 2.52. The first-order valence-electron chi connectivity index (χ1n) is 7.06. The van der Waals surface area contributed by atoms with Crippen LogP contribution >= 0.6 is 11.6 Å². The highest BCUT2D eigenvalue weighted by Crippen LogP contribution is 2.46. The molecule has 1 aliphatic rings. The van der Waals surface area contributed by atoms with Gasteiger partial charge < -0.3 is 9.47 Å². The van der Waals surface area contributed by atoms with Crippen LogP contribution in [0.3, 0.4) is 0 Å². The van der Waals surface area contributed by atoms with Gasteiger partial charge in [-0.15, -0.1) is 0 Å². The fourth-order valence-corrected chi connectivity index (χ4v) is 2.89. The third-order valence-corrected chi connectivity index (χ3v) is 3.98. The molecule has 0 aliphatic carbocycles. The lowest BCUT2D eigenvalue weighted by molar-refractivity contribution is 0.360. The van der Waals surface area contributed by atoms with E-state index in [0.29, 0.717) is 11.5 Å². The molecular formula is C19H13ClO2. The Labute approximate surface area is 133 Å². The fourth-order valence-electron chi connectivity index (χ4n) is 2.55. The zero-order chi connectivity index (χ0) is 15.1. The van der Waals surface area contributed by atoms with Gasteiger partial charge in [-0.3, -0.25) is 0 Å². The standard InChI is InChI=1S/C19H13ClO2/c1-12-6-8-14(15(20)10-12)13-7-9-18-19(11-13)22-17-5-3-2-4-16(17)21-18/h2-11H,1H3. The van der Waals surface area contributed by atoms with E-state index in [4.69, 9.17) is 21.1 Å². The number of aryl methyl sites for hydroxylation is 1. The van der Waals surface area contributed by atoms with Gasteiger partial charge in [-0.25, -0.2) is 0 Å². The molecule has 1 aliphatic heterocycles. The molecule has 3 heteroatoms. The first-order chi connectivity index (χ1) is 10.7. The molecule has 0 fully saturated rings. The Morgan fingerprint density at radius 2 is 1.41 bits per heavy atom. The third-order valence-electron chi connectivity index (χ3n) is 3.67. The number of ether oxygens (including phenoxy) is 2. The van der Waals surface area contributed by atoms with E-state index in [1.54, 1.807) is 0 Å². The Bertz CT molecular complexity index is 871. The topological polar surface area (TPSA) is 18.5 Å². The molecule has 22 heavy (non-hydrogen) atoms. The van der Waals surface area contributed by atoms with E-state index in [9.17, 15) is 0 Å². The summed E-state index contributed by atoms with van der Waals surface area (Å²) in [6.07, 6.45) is 0. The molecule has 4 rings (SSSR count). The van der Waals surface area contributed by atoms with Gasteiger partial charge in [0.15, 0.2) is 23.0 Å². The van der Waals surface area contributed by atoms with Crippen LogP contribution in [0.4, 0.5) is 0 Å². The van der Waals surface area contributed by atoms with Crippen molar-refractivity contribution in [2.24, 2.45) is 0 Å². The minimum atomic E-state index is 0.702. The number of rotatable bonds is 1. The van der Waals surface area contributed by atoms with Crippen LogP contribution in [-0.2, 0) is 0 Å². The summed E-state index contributed by atoms with van der Waals surface area (Å²) >= 11 is 6.36. The van der Waals surface area contributed by atoms with Crippen molar-refractivity contribution >= 4 is 11.6 Å². The van der Waals surface area contributed by atoms with Crippen molar-refractivity contribution in [2.75, 3.05) is 0 Å². The molecule has 0 radical (unpaired) electrons. The fraction of sp³-hybridized carbons (Fsp3) is 0.0526. The maximum absolute atomic E-state index is 6.36. The van der Waals surface area contributed by atoms with Crippen LogP contribution in [0.5, 0.6) is 23.0 Å². The summed E-state index contributed by atoms with van der Waals surface area (Å²) in [7, 11) is 0. The van der Waals surface area contributed by atoms with Crippen LogP contribution in [0.25, 0.3) is 11.1 Å². The van der Waals surface area contributed by atoms with Crippen LogP contribution in [0.15, 0.2) is 60.7 Å². The number of hydrogen-bond donors (Lipinski definition) is 0. The smallest absolute Gasteiger partial charge is 0.170 e. The van der Waals surface area contributed by atoms with Gasteiger partial charge in [-0.05, 0) is 48.4 Å². The Morgan fingerprint density at radius 1 is 0.727 bits per heavy atom. The molecule has 0 N–H and O–H groups in total. The molecule has 108 valence electrons. The lowest BCUT2D eigenvalue weighted by Crippen LogP contribution is -1.98. The highest BCUT2D eigenvalue weighted by molar-refractivity contribution is 6.33. The second-order valence-electron chi connectivity index (χ2n) is 5.30. The third kappa shape index (κ3) is 2.22. The Hall–Kier alpha value is -2.45. The molecule has 0 saturated carbocycles. The molecule has 0 bridgehead atoms. The predicted octanol–water partition coefficient (Wildman–Crippen LogP) is 6.21. The Kier molecular flexibility index (Phi) is 3.05. The van der Waals surface area contributed by atoms with E-state index in [1.165, 1.54) is 0 Å². The van der Waals surface area contributed by atoms with E-state index in [-0.39, 0.29) is 0 Å². The Balaban J connectivity index is 1.77. The minimum Gasteiger partial charge on any atom is -0.450 e. The van der Waals surface area contributed by atoms with E-state index in [1.807, 2.05) is 67.6 Å². The average molecular weight is 309 g/mol. The lowest BCUT2D eigenvalue weighted by atomic mass is 10.0. The van der Waals surface area contributed by atoms with E-state index < -0.39 is 0 Å². The second-order valence-corrected chi connectivity index (χ2v) is 5.70. The van der Waals surface area contributed by atoms with Gasteiger partial charge in [0.2, 0.25) is 0 Å². The molecule has 0 aromatic heterocycles. The zero-order valence-corrected chi connectivity index (χ0v) is 12.7. The number of para-hydroxylation sites is 2. The van der Waals surface area contributed by atoms with Crippen LogP contribution < -0.4 is 9.47 Å². The molecule has 2 nitrogen and oxygen atoms in total. The van der Waals surface area contributed by atoms with Gasteiger partial charge in [-0.1, -0.05) is 41.9 Å². The maximum atomic E-state index is 6.36. The highest BCUT2D eigenvalue weighted by atomic mass is 35.5. The zero-order valence-electron chi connectivity index (χ0n) is 12.0. The summed E-state index contributed by atoms with van der Waals surface area (Å²) in [6, 6.07) is 19.5. The van der Waals surface area contributed by atoms with Crippen molar-refractivity contribution in [3.8, 4) is 34.1 Å².